The molecule has 0 bridgehead atoms. The van der Waals surface area contributed by atoms with Crippen molar-refractivity contribution in [2.45, 2.75) is 18.6 Å². The van der Waals surface area contributed by atoms with E-state index in [1.54, 1.807) is 24.3 Å². The zero-order chi connectivity index (χ0) is 26.9. The fourth-order valence-corrected chi connectivity index (χ4v) is 4.72. The van der Waals surface area contributed by atoms with E-state index in [0.717, 1.165) is 6.07 Å². The summed E-state index contributed by atoms with van der Waals surface area (Å²) in [6.45, 7) is 1.21. The smallest absolute Gasteiger partial charge is 0.336 e. The molecule has 1 unspecified atom stereocenters. The molecule has 2 aromatic rings. The van der Waals surface area contributed by atoms with Gasteiger partial charge in [0.2, 0.25) is 11.3 Å². The van der Waals surface area contributed by atoms with Gasteiger partial charge in [-0.2, -0.15) is 0 Å². The number of hydrogen-bond acceptors (Lipinski definition) is 8. The second kappa shape index (κ2) is 10.2. The van der Waals surface area contributed by atoms with Crippen LogP contribution < -0.4 is 10.7 Å². The molecule has 0 aromatic heterocycles. The van der Waals surface area contributed by atoms with E-state index in [2.05, 4.69) is 5.32 Å². The Labute approximate surface area is 212 Å². The molecule has 0 saturated heterocycles. The SMILES string of the molecule is CC(=O)SC(CC(=O)O)C(=O)Nc1ccc(-c2c3cc(O)c(=O)cc-3oc3ccccc23)c(C(=O)O)c1. The van der Waals surface area contributed by atoms with Crippen molar-refractivity contribution in [3.8, 4) is 28.2 Å². The largest absolute Gasteiger partial charge is 0.504 e. The number of phenolic OH excluding ortho intramolecular Hbond substituents is 1. The molecule has 0 spiro atoms. The van der Waals surface area contributed by atoms with Gasteiger partial charge >= 0.3 is 11.9 Å². The number of aromatic hydroxyl groups is 1. The van der Waals surface area contributed by atoms with Crippen LogP contribution in [0.4, 0.5) is 5.69 Å². The van der Waals surface area contributed by atoms with Crippen LogP contribution in [0.15, 0.2) is 63.8 Å². The van der Waals surface area contributed by atoms with Crippen LogP contribution in [-0.2, 0) is 14.4 Å². The highest BCUT2D eigenvalue weighted by atomic mass is 32.2. The first-order chi connectivity index (χ1) is 17.5. The van der Waals surface area contributed by atoms with E-state index in [0.29, 0.717) is 33.9 Å². The second-order valence-corrected chi connectivity index (χ2v) is 9.42. The molecule has 1 heterocycles. The monoisotopic (exact) mass is 521 g/mol. The van der Waals surface area contributed by atoms with Crippen LogP contribution >= 0.6 is 11.8 Å². The third-order valence-electron chi connectivity index (χ3n) is 5.45. The van der Waals surface area contributed by atoms with Gasteiger partial charge in [0.25, 0.3) is 0 Å². The number of rotatable bonds is 7. The van der Waals surface area contributed by atoms with Gasteiger partial charge in [-0.3, -0.25) is 19.2 Å². The fourth-order valence-electron chi connectivity index (χ4n) is 3.93. The van der Waals surface area contributed by atoms with E-state index in [1.807, 2.05) is 0 Å². The van der Waals surface area contributed by atoms with Crippen LogP contribution in [-0.4, -0.2) is 43.5 Å². The topological polar surface area (TPSA) is 171 Å². The highest BCUT2D eigenvalue weighted by molar-refractivity contribution is 8.14. The van der Waals surface area contributed by atoms with Crippen LogP contribution in [0.25, 0.3) is 33.4 Å². The number of aliphatic carboxylic acids is 1. The van der Waals surface area contributed by atoms with Crippen molar-refractivity contribution in [2.24, 2.45) is 0 Å². The molecular formula is C26H19NO9S. The molecule has 37 heavy (non-hydrogen) atoms. The summed E-state index contributed by atoms with van der Waals surface area (Å²) in [6.07, 6.45) is -0.601. The summed E-state index contributed by atoms with van der Waals surface area (Å²) in [5.41, 5.74) is 0.489. The standard InChI is InChI=1S/C26H19NO9S/c1-12(28)37-22(11-23(31)32)25(33)27-13-6-7-14(16(8-13)26(34)35)24-15-4-2-3-5-20(15)36-21-10-19(30)18(29)9-17(21)24/h2-10,22,29H,11H2,1H3,(H,27,33)(H,31,32)(H,34,35). The number of anilines is 1. The van der Waals surface area contributed by atoms with E-state index in [1.165, 1.54) is 31.2 Å². The number of amides is 1. The van der Waals surface area contributed by atoms with Crippen LogP contribution in [0.1, 0.15) is 23.7 Å². The number of carbonyl (C=O) groups is 4. The minimum atomic E-state index is -1.33. The van der Waals surface area contributed by atoms with Crippen molar-refractivity contribution in [3.63, 3.8) is 0 Å². The van der Waals surface area contributed by atoms with Crippen LogP contribution in [0, 0.1) is 0 Å². The van der Waals surface area contributed by atoms with Crippen molar-refractivity contribution in [1.29, 1.82) is 0 Å². The molecule has 0 radical (unpaired) electrons. The summed E-state index contributed by atoms with van der Waals surface area (Å²) < 4.78 is 5.82. The second-order valence-electron chi connectivity index (χ2n) is 8.04. The number of carbonyl (C=O) groups excluding carboxylic acids is 2. The maximum Gasteiger partial charge on any atom is 0.336 e. The summed E-state index contributed by atoms with van der Waals surface area (Å²) in [6, 6.07) is 13.2. The first kappa shape index (κ1) is 25.5. The molecule has 0 fully saturated rings. The number of aromatic carboxylic acids is 1. The molecule has 0 saturated carbocycles. The van der Waals surface area contributed by atoms with E-state index < -0.39 is 45.8 Å². The summed E-state index contributed by atoms with van der Waals surface area (Å²) in [5, 5.41) is 30.5. The lowest BCUT2D eigenvalue weighted by Gasteiger charge is -2.18. The van der Waals surface area contributed by atoms with E-state index >= 15 is 0 Å². The van der Waals surface area contributed by atoms with E-state index in [4.69, 9.17) is 9.52 Å². The molecule has 1 aliphatic carbocycles. The Morgan fingerprint density at radius 1 is 1.00 bits per heavy atom. The normalized spacial score (nSPS) is 11.8. The molecule has 10 nitrogen and oxygen atoms in total. The molecule has 188 valence electrons. The van der Waals surface area contributed by atoms with Crippen molar-refractivity contribution < 1.29 is 38.9 Å². The van der Waals surface area contributed by atoms with Crippen LogP contribution in [0.3, 0.4) is 0 Å². The predicted octanol–water partition coefficient (Wildman–Crippen LogP) is 4.03. The Morgan fingerprint density at radius 2 is 1.73 bits per heavy atom. The van der Waals surface area contributed by atoms with E-state index in [9.17, 15) is 34.2 Å². The fraction of sp³-hybridized carbons (Fsp3) is 0.115. The lowest BCUT2D eigenvalue weighted by atomic mass is 9.90. The first-order valence-electron chi connectivity index (χ1n) is 10.8. The number of thioether (sulfide) groups is 1. The van der Waals surface area contributed by atoms with Crippen molar-refractivity contribution >= 4 is 51.4 Å². The molecule has 2 aliphatic rings. The van der Waals surface area contributed by atoms with Gasteiger partial charge in [-0.1, -0.05) is 36.0 Å². The molecule has 1 atom stereocenters. The Morgan fingerprint density at radius 3 is 2.41 bits per heavy atom. The Hall–Kier alpha value is -4.64. The molecule has 1 aliphatic heterocycles. The van der Waals surface area contributed by atoms with Crippen LogP contribution in [0.5, 0.6) is 5.75 Å². The van der Waals surface area contributed by atoms with Gasteiger partial charge in [-0.25, -0.2) is 4.79 Å². The van der Waals surface area contributed by atoms with Gasteiger partial charge in [-0.05, 0) is 29.8 Å². The van der Waals surface area contributed by atoms with Gasteiger partial charge < -0.3 is 25.1 Å². The summed E-state index contributed by atoms with van der Waals surface area (Å²) in [4.78, 5) is 59.6. The number of hydrogen-bond donors (Lipinski definition) is 4. The predicted molar refractivity (Wildman–Crippen MR) is 136 cm³/mol. The molecule has 11 heteroatoms. The maximum absolute atomic E-state index is 12.7. The summed E-state index contributed by atoms with van der Waals surface area (Å²) in [7, 11) is 0. The van der Waals surface area contributed by atoms with Gasteiger partial charge in [0.15, 0.2) is 10.9 Å². The number of benzene rings is 3. The minimum absolute atomic E-state index is 0.0737. The number of para-hydroxylation sites is 1. The minimum Gasteiger partial charge on any atom is -0.504 e. The lowest BCUT2D eigenvalue weighted by molar-refractivity contribution is -0.138. The summed E-state index contributed by atoms with van der Waals surface area (Å²) >= 11 is 0.563. The van der Waals surface area contributed by atoms with Gasteiger partial charge in [0, 0.05) is 35.2 Å². The molecule has 1 amide bonds. The number of carboxylic acids is 2. The van der Waals surface area contributed by atoms with Gasteiger partial charge in [0.1, 0.15) is 16.6 Å². The zero-order valence-corrected chi connectivity index (χ0v) is 20.0. The Bertz CT molecular complexity index is 1590. The third-order valence-corrected chi connectivity index (χ3v) is 6.45. The number of fused-ring (bicyclic) bond motifs is 2. The highest BCUT2D eigenvalue weighted by Gasteiger charge is 2.26. The molecule has 4 N–H and O–H groups in total. The average molecular weight is 522 g/mol. The maximum atomic E-state index is 12.7. The average Bonchev–Trinajstić information content (AvgIpc) is 2.82. The van der Waals surface area contributed by atoms with Gasteiger partial charge in [-0.15, -0.1) is 0 Å². The molecule has 2 aromatic carbocycles. The van der Waals surface area contributed by atoms with Crippen molar-refractivity contribution in [3.05, 3.63) is 70.4 Å². The third kappa shape index (κ3) is 5.31. The van der Waals surface area contributed by atoms with Crippen molar-refractivity contribution in [1.82, 2.24) is 0 Å². The molecule has 4 rings (SSSR count). The quantitative estimate of drug-likeness (QED) is 0.260. The molecular weight excluding hydrogens is 502 g/mol. The first-order valence-corrected chi connectivity index (χ1v) is 11.7. The number of carboxylic acid groups (broad SMARTS) is 2. The summed E-state index contributed by atoms with van der Waals surface area (Å²) in [5.74, 6) is -3.76. The Balaban J connectivity index is 1.86. The number of nitrogens with one attached hydrogen (secondary N) is 1. The van der Waals surface area contributed by atoms with Crippen molar-refractivity contribution in [2.75, 3.05) is 5.32 Å². The lowest BCUT2D eigenvalue weighted by Crippen LogP contribution is -2.28. The zero-order valence-electron chi connectivity index (χ0n) is 19.2. The highest BCUT2D eigenvalue weighted by Crippen LogP contribution is 2.42. The Kier molecular flexibility index (Phi) is 6.98. The van der Waals surface area contributed by atoms with Gasteiger partial charge in [0.05, 0.1) is 12.0 Å². The number of phenols is 1. The van der Waals surface area contributed by atoms with E-state index in [-0.39, 0.29) is 22.6 Å². The van der Waals surface area contributed by atoms with Crippen LogP contribution in [0.2, 0.25) is 0 Å².